The highest BCUT2D eigenvalue weighted by atomic mass is 32.2. The third-order valence-corrected chi connectivity index (χ3v) is 3.81. The molecular formula is C10H14N2O2S. The summed E-state index contributed by atoms with van der Waals surface area (Å²) < 4.78 is 0. The van der Waals surface area contributed by atoms with Crippen molar-refractivity contribution in [3.8, 4) is 0 Å². The Bertz CT molecular complexity index is 306. The number of rotatable bonds is 2. The molecule has 2 heterocycles. The number of amides is 2. The number of carbonyl (C=O) groups excluding carboxylic acids is 2. The summed E-state index contributed by atoms with van der Waals surface area (Å²) >= 11 is 1.72. The van der Waals surface area contributed by atoms with Crippen LogP contribution < -0.4 is 5.32 Å². The maximum Gasteiger partial charge on any atom is 0.246 e. The van der Waals surface area contributed by atoms with Crippen molar-refractivity contribution >= 4 is 23.6 Å². The van der Waals surface area contributed by atoms with Gasteiger partial charge in [0.25, 0.3) is 0 Å². The number of hydrogen-bond acceptors (Lipinski definition) is 3. The molecule has 2 fully saturated rings. The van der Waals surface area contributed by atoms with Gasteiger partial charge in [0, 0.05) is 12.2 Å². The first kappa shape index (κ1) is 10.5. The molecule has 0 spiro atoms. The van der Waals surface area contributed by atoms with Crippen LogP contribution in [0.15, 0.2) is 12.7 Å². The smallest absolute Gasteiger partial charge is 0.246 e. The largest absolute Gasteiger partial charge is 0.344 e. The van der Waals surface area contributed by atoms with Crippen LogP contribution in [0.3, 0.4) is 0 Å². The summed E-state index contributed by atoms with van der Waals surface area (Å²) in [5.41, 5.74) is 0. The molecule has 15 heavy (non-hydrogen) atoms. The average molecular weight is 226 g/mol. The van der Waals surface area contributed by atoms with Crippen LogP contribution in [0.25, 0.3) is 0 Å². The number of nitrogens with one attached hydrogen (secondary N) is 1. The molecule has 4 nitrogen and oxygen atoms in total. The van der Waals surface area contributed by atoms with Crippen LogP contribution in [0, 0.1) is 0 Å². The molecule has 0 saturated carbocycles. The van der Waals surface area contributed by atoms with E-state index >= 15 is 0 Å². The standard InChI is InChI=1S/C10H14N2O2S/c1-2-7-5-15-6-12(7)10(14)8-3-4-9(13)11-8/h2,7-8H,1,3-6H2,(H,11,13)/t7-,8+/m1/s1. The molecule has 0 aliphatic carbocycles. The summed E-state index contributed by atoms with van der Waals surface area (Å²) in [5.74, 6) is 1.64. The topological polar surface area (TPSA) is 49.4 Å². The highest BCUT2D eigenvalue weighted by Gasteiger charge is 2.35. The highest BCUT2D eigenvalue weighted by Crippen LogP contribution is 2.23. The fourth-order valence-electron chi connectivity index (χ4n) is 1.88. The Morgan fingerprint density at radius 1 is 1.67 bits per heavy atom. The molecule has 5 heteroatoms. The van der Waals surface area contributed by atoms with Gasteiger partial charge in [0.2, 0.25) is 11.8 Å². The molecule has 2 aliphatic rings. The lowest BCUT2D eigenvalue weighted by atomic mass is 10.2. The van der Waals surface area contributed by atoms with E-state index in [4.69, 9.17) is 0 Å². The van der Waals surface area contributed by atoms with Crippen molar-refractivity contribution < 1.29 is 9.59 Å². The van der Waals surface area contributed by atoms with Crippen molar-refractivity contribution in [2.75, 3.05) is 11.6 Å². The molecule has 2 amide bonds. The molecule has 2 aliphatic heterocycles. The van der Waals surface area contributed by atoms with Gasteiger partial charge in [-0.25, -0.2) is 0 Å². The van der Waals surface area contributed by atoms with Crippen LogP contribution in [0.1, 0.15) is 12.8 Å². The van der Waals surface area contributed by atoms with Gasteiger partial charge in [-0.3, -0.25) is 9.59 Å². The molecule has 0 radical (unpaired) electrons. The van der Waals surface area contributed by atoms with Crippen LogP contribution >= 0.6 is 11.8 Å². The van der Waals surface area contributed by atoms with Gasteiger partial charge in [0.15, 0.2) is 0 Å². The second-order valence-electron chi connectivity index (χ2n) is 3.77. The lowest BCUT2D eigenvalue weighted by molar-refractivity contribution is -0.134. The number of hydrogen-bond donors (Lipinski definition) is 1. The molecule has 2 rings (SSSR count). The fourth-order valence-corrected chi connectivity index (χ4v) is 3.06. The minimum Gasteiger partial charge on any atom is -0.344 e. The molecule has 2 saturated heterocycles. The highest BCUT2D eigenvalue weighted by molar-refractivity contribution is 7.99. The predicted octanol–water partition coefficient (Wildman–Crippen LogP) is 0.352. The van der Waals surface area contributed by atoms with E-state index in [0.717, 1.165) is 5.75 Å². The van der Waals surface area contributed by atoms with Gasteiger partial charge in [0.1, 0.15) is 6.04 Å². The summed E-state index contributed by atoms with van der Waals surface area (Å²) in [7, 11) is 0. The third-order valence-electron chi connectivity index (χ3n) is 2.77. The molecule has 82 valence electrons. The molecule has 0 bridgehead atoms. The van der Waals surface area contributed by atoms with Crippen molar-refractivity contribution in [1.29, 1.82) is 0 Å². The molecule has 1 N–H and O–H groups in total. The van der Waals surface area contributed by atoms with E-state index in [1.807, 2.05) is 0 Å². The van der Waals surface area contributed by atoms with Gasteiger partial charge in [-0.1, -0.05) is 6.08 Å². The van der Waals surface area contributed by atoms with Crippen LogP contribution in [-0.2, 0) is 9.59 Å². The van der Waals surface area contributed by atoms with Gasteiger partial charge in [-0.2, -0.15) is 0 Å². The maximum atomic E-state index is 12.0. The second-order valence-corrected chi connectivity index (χ2v) is 4.77. The van der Waals surface area contributed by atoms with Gasteiger partial charge in [0.05, 0.1) is 11.9 Å². The van der Waals surface area contributed by atoms with Gasteiger partial charge >= 0.3 is 0 Å². The van der Waals surface area contributed by atoms with E-state index in [9.17, 15) is 9.59 Å². The quantitative estimate of drug-likeness (QED) is 0.691. The Balaban J connectivity index is 2.01. The van der Waals surface area contributed by atoms with E-state index in [1.165, 1.54) is 0 Å². The van der Waals surface area contributed by atoms with Crippen molar-refractivity contribution in [1.82, 2.24) is 10.2 Å². The van der Waals surface area contributed by atoms with Crippen LogP contribution in [0.5, 0.6) is 0 Å². The fraction of sp³-hybridized carbons (Fsp3) is 0.600. The van der Waals surface area contributed by atoms with Gasteiger partial charge in [-0.05, 0) is 6.42 Å². The zero-order valence-electron chi connectivity index (χ0n) is 8.44. The Hall–Kier alpha value is -0.970. The zero-order chi connectivity index (χ0) is 10.8. The molecule has 2 atom stereocenters. The zero-order valence-corrected chi connectivity index (χ0v) is 9.26. The van der Waals surface area contributed by atoms with E-state index < -0.39 is 0 Å². The maximum absolute atomic E-state index is 12.0. The van der Waals surface area contributed by atoms with Crippen LogP contribution in [0.2, 0.25) is 0 Å². The van der Waals surface area contributed by atoms with Crippen molar-refractivity contribution in [3.63, 3.8) is 0 Å². The second kappa shape index (κ2) is 4.26. The average Bonchev–Trinajstić information content (AvgIpc) is 2.84. The van der Waals surface area contributed by atoms with E-state index in [1.54, 1.807) is 22.7 Å². The van der Waals surface area contributed by atoms with Gasteiger partial charge in [-0.15, -0.1) is 18.3 Å². The predicted molar refractivity (Wildman–Crippen MR) is 59.3 cm³/mol. The third kappa shape index (κ3) is 2.02. The molecular weight excluding hydrogens is 212 g/mol. The minimum absolute atomic E-state index is 0.0182. The van der Waals surface area contributed by atoms with Crippen molar-refractivity contribution in [2.45, 2.75) is 24.9 Å². The summed E-state index contributed by atoms with van der Waals surface area (Å²) in [6, 6.07) is -0.182. The first-order chi connectivity index (χ1) is 7.22. The number of thioether (sulfide) groups is 1. The van der Waals surface area contributed by atoms with Gasteiger partial charge < -0.3 is 10.2 Å². The normalized spacial score (nSPS) is 30.4. The van der Waals surface area contributed by atoms with Crippen LogP contribution in [0.4, 0.5) is 0 Å². The summed E-state index contributed by atoms with van der Waals surface area (Å²) in [6.07, 6.45) is 2.90. The number of nitrogens with zero attached hydrogens (tertiary/aromatic N) is 1. The van der Waals surface area contributed by atoms with Crippen LogP contribution in [-0.4, -0.2) is 40.4 Å². The molecule has 0 aromatic rings. The van der Waals surface area contributed by atoms with E-state index in [-0.39, 0.29) is 23.9 Å². The molecule has 0 aromatic heterocycles. The SMILES string of the molecule is C=C[C@@H]1CSCN1C(=O)[C@@H]1CCC(=O)N1. The lowest BCUT2D eigenvalue weighted by Crippen LogP contribution is -2.46. The van der Waals surface area contributed by atoms with Crippen molar-refractivity contribution in [2.24, 2.45) is 0 Å². The molecule has 0 aromatic carbocycles. The minimum atomic E-state index is -0.307. The van der Waals surface area contributed by atoms with Crippen molar-refractivity contribution in [3.05, 3.63) is 12.7 Å². The summed E-state index contributed by atoms with van der Waals surface area (Å²) in [4.78, 5) is 24.8. The Kier molecular flexibility index (Phi) is 3.00. The Labute approximate surface area is 93.1 Å². The van der Waals surface area contributed by atoms with E-state index in [2.05, 4.69) is 11.9 Å². The summed E-state index contributed by atoms with van der Waals surface area (Å²) in [5, 5.41) is 2.70. The molecule has 0 unspecified atom stereocenters. The van der Waals surface area contributed by atoms with E-state index in [0.29, 0.717) is 18.7 Å². The Morgan fingerprint density at radius 2 is 2.47 bits per heavy atom. The first-order valence-electron chi connectivity index (χ1n) is 5.02. The first-order valence-corrected chi connectivity index (χ1v) is 6.18. The Morgan fingerprint density at radius 3 is 3.07 bits per heavy atom. The monoisotopic (exact) mass is 226 g/mol. The number of carbonyl (C=O) groups is 2. The lowest BCUT2D eigenvalue weighted by Gasteiger charge is -2.24. The summed E-state index contributed by atoms with van der Waals surface area (Å²) in [6.45, 7) is 3.72.